The topological polar surface area (TPSA) is 40.4 Å². The lowest BCUT2D eigenvalue weighted by atomic mass is 9.96. The van der Waals surface area contributed by atoms with Gasteiger partial charge in [0.05, 0.1) is 12.3 Å². The predicted molar refractivity (Wildman–Crippen MR) is 120 cm³/mol. The SMILES string of the molecule is C=NN1C(=C)N=C2CCCCCC2=C1c1cccc(OCCCN2CCCC2)c1. The van der Waals surface area contributed by atoms with Gasteiger partial charge in [0.1, 0.15) is 11.6 Å². The van der Waals surface area contributed by atoms with E-state index in [1.165, 1.54) is 56.5 Å². The average molecular weight is 393 g/mol. The van der Waals surface area contributed by atoms with Gasteiger partial charge in [0.25, 0.3) is 0 Å². The van der Waals surface area contributed by atoms with Gasteiger partial charge in [0.15, 0.2) is 0 Å². The summed E-state index contributed by atoms with van der Waals surface area (Å²) in [6, 6.07) is 8.34. The first kappa shape index (κ1) is 19.9. The van der Waals surface area contributed by atoms with E-state index in [-0.39, 0.29) is 0 Å². The first-order valence-corrected chi connectivity index (χ1v) is 11.0. The van der Waals surface area contributed by atoms with Crippen LogP contribution in [0, 0.1) is 0 Å². The number of hydrogen-bond donors (Lipinski definition) is 0. The molecule has 154 valence electrons. The standard InChI is InChI=1S/C24H32N4O/c1-19-26-23-13-5-3-4-12-22(23)24(28(19)25-2)20-10-8-11-21(18-20)29-17-9-16-27-14-6-7-15-27/h8,10-11,18H,1-7,9,12-17H2. The van der Waals surface area contributed by atoms with Gasteiger partial charge in [0.2, 0.25) is 0 Å². The molecule has 0 bridgehead atoms. The van der Waals surface area contributed by atoms with E-state index >= 15 is 0 Å². The van der Waals surface area contributed by atoms with Crippen LogP contribution in [0.1, 0.15) is 56.9 Å². The Morgan fingerprint density at radius 1 is 1.07 bits per heavy atom. The first-order chi connectivity index (χ1) is 14.3. The Morgan fingerprint density at radius 3 is 2.72 bits per heavy atom. The van der Waals surface area contributed by atoms with Crippen LogP contribution < -0.4 is 4.74 Å². The Morgan fingerprint density at radius 2 is 1.90 bits per heavy atom. The second kappa shape index (κ2) is 9.40. The zero-order valence-corrected chi connectivity index (χ0v) is 17.4. The third-order valence-corrected chi connectivity index (χ3v) is 6.03. The number of aliphatic imine (C=N–C) groups is 1. The van der Waals surface area contributed by atoms with Crippen molar-refractivity contribution in [3.63, 3.8) is 0 Å². The van der Waals surface area contributed by atoms with Crippen molar-refractivity contribution < 1.29 is 4.74 Å². The number of hydrazone groups is 1. The van der Waals surface area contributed by atoms with Gasteiger partial charge in [-0.15, -0.1) is 0 Å². The van der Waals surface area contributed by atoms with Crippen molar-refractivity contribution in [2.24, 2.45) is 10.1 Å². The van der Waals surface area contributed by atoms with Crippen molar-refractivity contribution in [2.45, 2.75) is 51.4 Å². The first-order valence-electron chi connectivity index (χ1n) is 11.0. The number of likely N-dealkylation sites (tertiary alicyclic amines) is 1. The molecular weight excluding hydrogens is 360 g/mol. The lowest BCUT2D eigenvalue weighted by molar-refractivity contribution is 0.263. The maximum absolute atomic E-state index is 6.09. The van der Waals surface area contributed by atoms with Crippen LogP contribution in [0.15, 0.2) is 52.3 Å². The fraction of sp³-hybridized carbons (Fsp3) is 0.500. The van der Waals surface area contributed by atoms with Crippen molar-refractivity contribution in [1.82, 2.24) is 9.91 Å². The van der Waals surface area contributed by atoms with Crippen LogP contribution in [0.2, 0.25) is 0 Å². The minimum atomic E-state index is 0.646. The number of allylic oxidation sites excluding steroid dienone is 1. The minimum absolute atomic E-state index is 0.646. The van der Waals surface area contributed by atoms with Gasteiger partial charge in [-0.3, -0.25) is 0 Å². The van der Waals surface area contributed by atoms with Crippen molar-refractivity contribution in [1.29, 1.82) is 0 Å². The lowest BCUT2D eigenvalue weighted by Gasteiger charge is -2.30. The second-order valence-corrected chi connectivity index (χ2v) is 8.09. The number of nitrogens with zero attached hydrogens (tertiary/aromatic N) is 4. The van der Waals surface area contributed by atoms with Crippen molar-refractivity contribution in [3.05, 3.63) is 47.8 Å². The van der Waals surface area contributed by atoms with E-state index in [9.17, 15) is 0 Å². The maximum atomic E-state index is 6.09. The van der Waals surface area contributed by atoms with Gasteiger partial charge in [-0.2, -0.15) is 5.10 Å². The molecule has 3 aliphatic rings. The summed E-state index contributed by atoms with van der Waals surface area (Å²) in [6.07, 6.45) is 9.38. The summed E-state index contributed by atoms with van der Waals surface area (Å²) in [5, 5.41) is 6.02. The Balaban J connectivity index is 1.52. The monoisotopic (exact) mass is 392 g/mol. The lowest BCUT2D eigenvalue weighted by Crippen LogP contribution is -2.23. The molecule has 2 fully saturated rings. The van der Waals surface area contributed by atoms with Crippen molar-refractivity contribution in [2.75, 3.05) is 26.2 Å². The average Bonchev–Trinajstić information content (AvgIpc) is 3.15. The zero-order valence-electron chi connectivity index (χ0n) is 17.4. The van der Waals surface area contributed by atoms with Crippen LogP contribution in [-0.2, 0) is 0 Å². The molecule has 2 heterocycles. The van der Waals surface area contributed by atoms with E-state index in [1.807, 2.05) is 6.07 Å². The third kappa shape index (κ3) is 4.61. The van der Waals surface area contributed by atoms with Crippen LogP contribution in [0.25, 0.3) is 5.70 Å². The molecule has 1 saturated carbocycles. The highest BCUT2D eigenvalue weighted by Gasteiger charge is 2.27. The highest BCUT2D eigenvalue weighted by Crippen LogP contribution is 2.37. The molecule has 5 heteroatoms. The van der Waals surface area contributed by atoms with E-state index in [0.717, 1.165) is 49.4 Å². The Bertz CT molecular complexity index is 820. The van der Waals surface area contributed by atoms with E-state index in [4.69, 9.17) is 9.73 Å². The van der Waals surface area contributed by atoms with Crippen molar-refractivity contribution >= 4 is 18.1 Å². The van der Waals surface area contributed by atoms with E-state index in [2.05, 4.69) is 41.5 Å². The van der Waals surface area contributed by atoms with Crippen LogP contribution >= 0.6 is 0 Å². The molecule has 2 aliphatic heterocycles. The largest absolute Gasteiger partial charge is 0.494 e. The normalized spacial score (nSPS) is 20.3. The summed E-state index contributed by atoms with van der Waals surface area (Å²) in [5.41, 5.74) is 4.62. The summed E-state index contributed by atoms with van der Waals surface area (Å²) in [4.78, 5) is 7.26. The number of hydrogen-bond acceptors (Lipinski definition) is 5. The van der Waals surface area contributed by atoms with E-state index in [1.54, 1.807) is 5.01 Å². The number of rotatable bonds is 7. The smallest absolute Gasteiger partial charge is 0.147 e. The van der Waals surface area contributed by atoms with Crippen molar-refractivity contribution in [3.8, 4) is 5.75 Å². The van der Waals surface area contributed by atoms with Crippen LogP contribution in [-0.4, -0.2) is 48.6 Å². The molecule has 1 aromatic carbocycles. The summed E-state index contributed by atoms with van der Waals surface area (Å²) in [5.74, 6) is 1.55. The molecular formula is C24H32N4O. The predicted octanol–water partition coefficient (Wildman–Crippen LogP) is 5.07. The Labute approximate surface area is 174 Å². The fourth-order valence-corrected chi connectivity index (χ4v) is 4.57. The maximum Gasteiger partial charge on any atom is 0.147 e. The quantitative estimate of drug-likeness (QED) is 0.480. The molecule has 1 aliphatic carbocycles. The summed E-state index contributed by atoms with van der Waals surface area (Å²) < 4.78 is 6.09. The molecule has 1 aromatic rings. The number of benzene rings is 1. The second-order valence-electron chi connectivity index (χ2n) is 8.09. The molecule has 29 heavy (non-hydrogen) atoms. The van der Waals surface area contributed by atoms with Gasteiger partial charge >= 0.3 is 0 Å². The minimum Gasteiger partial charge on any atom is -0.494 e. The third-order valence-electron chi connectivity index (χ3n) is 6.03. The van der Waals surface area contributed by atoms with Crippen LogP contribution in [0.3, 0.4) is 0 Å². The van der Waals surface area contributed by atoms with Gasteiger partial charge in [-0.1, -0.05) is 25.1 Å². The highest BCUT2D eigenvalue weighted by molar-refractivity contribution is 6.08. The molecule has 5 nitrogen and oxygen atoms in total. The molecule has 0 radical (unpaired) electrons. The fourth-order valence-electron chi connectivity index (χ4n) is 4.57. The Kier molecular flexibility index (Phi) is 6.45. The summed E-state index contributed by atoms with van der Waals surface area (Å²) >= 11 is 0. The van der Waals surface area contributed by atoms with Gasteiger partial charge in [-0.25, -0.2) is 10.0 Å². The van der Waals surface area contributed by atoms with Crippen LogP contribution in [0.4, 0.5) is 0 Å². The van der Waals surface area contributed by atoms with E-state index in [0.29, 0.717) is 5.82 Å². The Hall–Kier alpha value is -2.40. The number of ether oxygens (including phenoxy) is 1. The van der Waals surface area contributed by atoms with Gasteiger partial charge in [0, 0.05) is 30.1 Å². The molecule has 1 saturated heterocycles. The van der Waals surface area contributed by atoms with Gasteiger partial charge in [-0.05, 0) is 70.2 Å². The zero-order chi connectivity index (χ0) is 20.1. The highest BCUT2D eigenvalue weighted by atomic mass is 16.5. The summed E-state index contributed by atoms with van der Waals surface area (Å²) in [6.45, 7) is 12.2. The number of fused-ring (bicyclic) bond motifs is 1. The molecule has 0 N–H and O–H groups in total. The molecule has 0 atom stereocenters. The molecule has 0 unspecified atom stereocenters. The molecule has 0 aromatic heterocycles. The van der Waals surface area contributed by atoms with Gasteiger partial charge < -0.3 is 9.64 Å². The molecule has 4 rings (SSSR count). The molecule has 0 amide bonds. The van der Waals surface area contributed by atoms with E-state index < -0.39 is 0 Å². The van der Waals surface area contributed by atoms with Crippen LogP contribution in [0.5, 0.6) is 5.75 Å². The summed E-state index contributed by atoms with van der Waals surface area (Å²) in [7, 11) is 0. The molecule has 0 spiro atoms.